The second-order valence-corrected chi connectivity index (χ2v) is 4.40. The largest absolute Gasteiger partial charge is 0.319 e. The summed E-state index contributed by atoms with van der Waals surface area (Å²) in [4.78, 5) is 0. The molecule has 0 atom stereocenters. The van der Waals surface area contributed by atoms with Gasteiger partial charge in [0.2, 0.25) is 0 Å². The van der Waals surface area contributed by atoms with Crippen LogP contribution in [-0.4, -0.2) is 13.6 Å². The second-order valence-electron chi connectivity index (χ2n) is 3.48. The minimum absolute atomic E-state index is 1.04. The van der Waals surface area contributed by atoms with Gasteiger partial charge in [-0.3, -0.25) is 0 Å². The Labute approximate surface area is 94.4 Å². The van der Waals surface area contributed by atoms with Crippen LogP contribution >= 0.6 is 11.3 Å². The minimum Gasteiger partial charge on any atom is -0.319 e. The standard InChI is InChI=1S/C13H15NS/c1-14-9-3-2-5-11-6-4-7-12-8-10-15-13(11)12/h2,4-8,10,14H,3,9H2,1H3. The van der Waals surface area contributed by atoms with Crippen LogP contribution in [-0.2, 0) is 0 Å². The fraction of sp³-hybridized carbons (Fsp3) is 0.231. The zero-order valence-corrected chi connectivity index (χ0v) is 9.68. The highest BCUT2D eigenvalue weighted by Gasteiger charge is 1.97. The zero-order chi connectivity index (χ0) is 10.5. The van der Waals surface area contributed by atoms with E-state index < -0.39 is 0 Å². The Hall–Kier alpha value is -1.12. The lowest BCUT2D eigenvalue weighted by molar-refractivity contribution is 0.809. The van der Waals surface area contributed by atoms with Crippen molar-refractivity contribution in [3.05, 3.63) is 41.3 Å². The van der Waals surface area contributed by atoms with Crippen molar-refractivity contribution in [1.82, 2.24) is 5.32 Å². The normalized spacial score (nSPS) is 11.5. The van der Waals surface area contributed by atoms with E-state index >= 15 is 0 Å². The molecule has 0 saturated carbocycles. The Morgan fingerprint density at radius 1 is 1.33 bits per heavy atom. The van der Waals surface area contributed by atoms with Crippen LogP contribution in [0.1, 0.15) is 12.0 Å². The maximum Gasteiger partial charge on any atom is 0.0414 e. The lowest BCUT2D eigenvalue weighted by Gasteiger charge is -1.96. The third-order valence-corrected chi connectivity index (χ3v) is 3.35. The zero-order valence-electron chi connectivity index (χ0n) is 8.86. The van der Waals surface area contributed by atoms with E-state index in [-0.39, 0.29) is 0 Å². The van der Waals surface area contributed by atoms with Gasteiger partial charge in [0.05, 0.1) is 0 Å². The van der Waals surface area contributed by atoms with Crippen molar-refractivity contribution >= 4 is 27.5 Å². The molecule has 0 amide bonds. The number of fused-ring (bicyclic) bond motifs is 1. The average Bonchev–Trinajstić information content (AvgIpc) is 2.73. The number of hydrogen-bond acceptors (Lipinski definition) is 2. The van der Waals surface area contributed by atoms with Crippen molar-refractivity contribution in [2.45, 2.75) is 6.42 Å². The average molecular weight is 217 g/mol. The first-order valence-corrected chi connectivity index (χ1v) is 6.07. The lowest BCUT2D eigenvalue weighted by Crippen LogP contribution is -2.05. The van der Waals surface area contributed by atoms with Crippen LogP contribution in [0.4, 0.5) is 0 Å². The van der Waals surface area contributed by atoms with Crippen LogP contribution in [0, 0.1) is 0 Å². The summed E-state index contributed by atoms with van der Waals surface area (Å²) in [5, 5.41) is 6.63. The summed E-state index contributed by atoms with van der Waals surface area (Å²) in [6, 6.07) is 8.63. The molecule has 0 spiro atoms. The van der Waals surface area contributed by atoms with Crippen LogP contribution in [0.5, 0.6) is 0 Å². The molecule has 1 N–H and O–H groups in total. The number of nitrogens with one attached hydrogen (secondary N) is 1. The summed E-state index contributed by atoms with van der Waals surface area (Å²) in [5.74, 6) is 0. The summed E-state index contributed by atoms with van der Waals surface area (Å²) in [5.41, 5.74) is 1.33. The number of hydrogen-bond donors (Lipinski definition) is 1. The van der Waals surface area contributed by atoms with Gasteiger partial charge in [0.15, 0.2) is 0 Å². The van der Waals surface area contributed by atoms with E-state index in [4.69, 9.17) is 0 Å². The van der Waals surface area contributed by atoms with E-state index in [9.17, 15) is 0 Å². The van der Waals surface area contributed by atoms with Crippen LogP contribution in [0.25, 0.3) is 16.2 Å². The first-order chi connectivity index (χ1) is 7.42. The molecule has 0 aliphatic rings. The molecule has 1 aromatic heterocycles. The highest BCUT2D eigenvalue weighted by molar-refractivity contribution is 7.17. The fourth-order valence-electron chi connectivity index (χ4n) is 1.59. The van der Waals surface area contributed by atoms with Gasteiger partial charge >= 0.3 is 0 Å². The van der Waals surface area contributed by atoms with Gasteiger partial charge in [0.25, 0.3) is 0 Å². The van der Waals surface area contributed by atoms with Crippen LogP contribution in [0.2, 0.25) is 0 Å². The third-order valence-electron chi connectivity index (χ3n) is 2.37. The van der Waals surface area contributed by atoms with E-state index in [0.717, 1.165) is 13.0 Å². The maximum atomic E-state index is 3.14. The summed E-state index contributed by atoms with van der Waals surface area (Å²) in [7, 11) is 1.98. The van der Waals surface area contributed by atoms with Gasteiger partial charge in [-0.15, -0.1) is 11.3 Å². The molecule has 2 rings (SSSR count). The van der Waals surface area contributed by atoms with Crippen LogP contribution in [0.3, 0.4) is 0 Å². The predicted octanol–water partition coefficient (Wildman–Crippen LogP) is 3.52. The molecule has 1 heterocycles. The number of rotatable bonds is 4. The van der Waals surface area contributed by atoms with E-state index in [1.807, 2.05) is 18.4 Å². The Balaban J connectivity index is 2.20. The molecule has 0 radical (unpaired) electrons. The molecule has 15 heavy (non-hydrogen) atoms. The third kappa shape index (κ3) is 2.46. The predicted molar refractivity (Wildman–Crippen MR) is 69.4 cm³/mol. The molecule has 0 saturated heterocycles. The fourth-order valence-corrected chi connectivity index (χ4v) is 2.48. The van der Waals surface area contributed by atoms with Crippen LogP contribution < -0.4 is 5.32 Å². The van der Waals surface area contributed by atoms with Gasteiger partial charge in [-0.25, -0.2) is 0 Å². The van der Waals surface area contributed by atoms with Crippen molar-refractivity contribution in [3.63, 3.8) is 0 Å². The first kappa shape index (κ1) is 10.4. The topological polar surface area (TPSA) is 12.0 Å². The van der Waals surface area contributed by atoms with Crippen molar-refractivity contribution < 1.29 is 0 Å². The van der Waals surface area contributed by atoms with Crippen molar-refractivity contribution in [3.8, 4) is 0 Å². The molecule has 0 aliphatic heterocycles. The Kier molecular flexibility index (Phi) is 3.54. The molecular formula is C13H15NS. The smallest absolute Gasteiger partial charge is 0.0414 e. The van der Waals surface area contributed by atoms with Gasteiger partial charge in [0, 0.05) is 4.70 Å². The van der Waals surface area contributed by atoms with Gasteiger partial charge in [-0.05, 0) is 42.4 Å². The Morgan fingerprint density at radius 3 is 3.13 bits per heavy atom. The summed E-state index contributed by atoms with van der Waals surface area (Å²) < 4.78 is 1.39. The quantitative estimate of drug-likeness (QED) is 0.773. The van der Waals surface area contributed by atoms with E-state index in [0.29, 0.717) is 0 Å². The molecule has 78 valence electrons. The molecule has 1 aromatic carbocycles. The van der Waals surface area contributed by atoms with Crippen molar-refractivity contribution in [2.24, 2.45) is 0 Å². The monoisotopic (exact) mass is 217 g/mol. The molecule has 0 fully saturated rings. The Morgan fingerprint density at radius 2 is 2.27 bits per heavy atom. The highest BCUT2D eigenvalue weighted by atomic mass is 32.1. The summed E-state index contributed by atoms with van der Waals surface area (Å²) in [6.45, 7) is 1.04. The lowest BCUT2D eigenvalue weighted by atomic mass is 10.1. The molecular weight excluding hydrogens is 202 g/mol. The molecule has 0 bridgehead atoms. The van der Waals surface area contributed by atoms with Gasteiger partial charge in [-0.2, -0.15) is 0 Å². The van der Waals surface area contributed by atoms with E-state index in [1.165, 1.54) is 15.6 Å². The van der Waals surface area contributed by atoms with Crippen molar-refractivity contribution in [2.75, 3.05) is 13.6 Å². The molecule has 1 nitrogen and oxygen atoms in total. The van der Waals surface area contributed by atoms with Crippen molar-refractivity contribution in [1.29, 1.82) is 0 Å². The molecule has 0 aliphatic carbocycles. The number of thiophene rings is 1. The van der Waals surface area contributed by atoms with Crippen LogP contribution in [0.15, 0.2) is 35.7 Å². The summed E-state index contributed by atoms with van der Waals surface area (Å²) >= 11 is 1.81. The van der Waals surface area contributed by atoms with Gasteiger partial charge < -0.3 is 5.32 Å². The van der Waals surface area contributed by atoms with Gasteiger partial charge in [0.1, 0.15) is 0 Å². The Bertz CT molecular complexity index is 456. The second kappa shape index (κ2) is 5.10. The minimum atomic E-state index is 1.04. The highest BCUT2D eigenvalue weighted by Crippen LogP contribution is 2.25. The molecule has 2 aromatic rings. The molecule has 2 heteroatoms. The SMILES string of the molecule is CNCCC=Cc1cccc2ccsc12. The molecule has 0 unspecified atom stereocenters. The van der Waals surface area contributed by atoms with E-state index in [1.54, 1.807) is 0 Å². The van der Waals surface area contributed by atoms with Gasteiger partial charge in [-0.1, -0.05) is 30.4 Å². The van der Waals surface area contributed by atoms with E-state index in [2.05, 4.69) is 47.1 Å². The maximum absolute atomic E-state index is 3.14. The summed E-state index contributed by atoms with van der Waals surface area (Å²) in [6.07, 6.45) is 5.53. The first-order valence-electron chi connectivity index (χ1n) is 5.19. The number of benzene rings is 1.